The SMILES string of the molecule is Cc1ccc(-c2cc(N)nc(Cl)n2)cc1. The van der Waals surface area contributed by atoms with E-state index in [1.54, 1.807) is 6.07 Å². The van der Waals surface area contributed by atoms with E-state index in [-0.39, 0.29) is 5.28 Å². The van der Waals surface area contributed by atoms with Gasteiger partial charge in [-0.1, -0.05) is 29.8 Å². The maximum absolute atomic E-state index is 5.73. The molecule has 15 heavy (non-hydrogen) atoms. The van der Waals surface area contributed by atoms with Gasteiger partial charge in [0, 0.05) is 11.6 Å². The molecular formula is C11H10ClN3. The molecule has 1 aromatic heterocycles. The molecule has 0 unspecified atom stereocenters. The van der Waals surface area contributed by atoms with E-state index in [1.165, 1.54) is 5.56 Å². The number of benzene rings is 1. The molecule has 0 fully saturated rings. The lowest BCUT2D eigenvalue weighted by Gasteiger charge is -2.02. The van der Waals surface area contributed by atoms with Gasteiger partial charge in [-0.05, 0) is 18.5 Å². The van der Waals surface area contributed by atoms with Crippen LogP contribution in [0, 0.1) is 6.92 Å². The summed E-state index contributed by atoms with van der Waals surface area (Å²) in [6.07, 6.45) is 0. The number of rotatable bonds is 1. The molecule has 4 heteroatoms. The topological polar surface area (TPSA) is 51.8 Å². The van der Waals surface area contributed by atoms with Crippen molar-refractivity contribution in [2.75, 3.05) is 5.73 Å². The van der Waals surface area contributed by atoms with E-state index in [0.717, 1.165) is 11.3 Å². The van der Waals surface area contributed by atoms with Gasteiger partial charge in [-0.2, -0.15) is 0 Å². The van der Waals surface area contributed by atoms with Crippen molar-refractivity contribution in [1.82, 2.24) is 9.97 Å². The minimum Gasteiger partial charge on any atom is -0.384 e. The fraction of sp³-hybridized carbons (Fsp3) is 0.0909. The summed E-state index contributed by atoms with van der Waals surface area (Å²) < 4.78 is 0. The Bertz CT molecular complexity index is 459. The van der Waals surface area contributed by atoms with Gasteiger partial charge in [0.25, 0.3) is 0 Å². The van der Waals surface area contributed by atoms with E-state index in [2.05, 4.69) is 9.97 Å². The first-order valence-corrected chi connectivity index (χ1v) is 4.90. The van der Waals surface area contributed by atoms with E-state index < -0.39 is 0 Å². The Kier molecular flexibility index (Phi) is 2.56. The van der Waals surface area contributed by atoms with Crippen LogP contribution in [-0.4, -0.2) is 9.97 Å². The summed E-state index contributed by atoms with van der Waals surface area (Å²) >= 11 is 5.73. The van der Waals surface area contributed by atoms with Crippen LogP contribution in [0.3, 0.4) is 0 Å². The normalized spacial score (nSPS) is 10.3. The number of anilines is 1. The van der Waals surface area contributed by atoms with Gasteiger partial charge in [0.2, 0.25) is 5.28 Å². The second kappa shape index (κ2) is 3.87. The van der Waals surface area contributed by atoms with Crippen molar-refractivity contribution in [3.8, 4) is 11.3 Å². The number of hydrogen-bond acceptors (Lipinski definition) is 3. The van der Waals surface area contributed by atoms with Gasteiger partial charge in [0.05, 0.1) is 5.69 Å². The van der Waals surface area contributed by atoms with Crippen LogP contribution in [-0.2, 0) is 0 Å². The summed E-state index contributed by atoms with van der Waals surface area (Å²) in [6.45, 7) is 2.03. The van der Waals surface area contributed by atoms with E-state index in [0.29, 0.717) is 5.82 Å². The Morgan fingerprint density at radius 1 is 1.13 bits per heavy atom. The molecule has 2 rings (SSSR count). The third-order valence-corrected chi connectivity index (χ3v) is 2.24. The summed E-state index contributed by atoms with van der Waals surface area (Å²) in [5, 5.41) is 0.172. The molecule has 0 aliphatic carbocycles. The molecule has 2 aromatic rings. The van der Waals surface area contributed by atoms with Crippen LogP contribution in [0.25, 0.3) is 11.3 Å². The summed E-state index contributed by atoms with van der Waals surface area (Å²) in [5.74, 6) is 0.380. The minimum absolute atomic E-state index is 0.172. The fourth-order valence-electron chi connectivity index (χ4n) is 1.31. The Hall–Kier alpha value is -1.61. The highest BCUT2D eigenvalue weighted by atomic mass is 35.5. The highest BCUT2D eigenvalue weighted by Gasteiger charge is 2.02. The molecule has 2 N–H and O–H groups in total. The quantitative estimate of drug-likeness (QED) is 0.751. The average Bonchev–Trinajstić information content (AvgIpc) is 2.17. The summed E-state index contributed by atoms with van der Waals surface area (Å²) in [5.41, 5.74) is 8.52. The lowest BCUT2D eigenvalue weighted by Crippen LogP contribution is -1.94. The molecule has 1 aromatic carbocycles. The van der Waals surface area contributed by atoms with Gasteiger partial charge in [-0.25, -0.2) is 9.97 Å². The first-order valence-electron chi connectivity index (χ1n) is 4.52. The predicted octanol–water partition coefficient (Wildman–Crippen LogP) is 2.69. The molecule has 0 saturated carbocycles. The fourth-order valence-corrected chi connectivity index (χ4v) is 1.50. The largest absolute Gasteiger partial charge is 0.384 e. The lowest BCUT2D eigenvalue weighted by molar-refractivity contribution is 1.18. The number of aryl methyl sites for hydroxylation is 1. The minimum atomic E-state index is 0.172. The van der Waals surface area contributed by atoms with Gasteiger partial charge < -0.3 is 5.73 Å². The first-order chi connectivity index (χ1) is 7.15. The molecular weight excluding hydrogens is 210 g/mol. The van der Waals surface area contributed by atoms with Crippen LogP contribution >= 0.6 is 11.6 Å². The van der Waals surface area contributed by atoms with Crippen molar-refractivity contribution in [1.29, 1.82) is 0 Å². The predicted molar refractivity (Wildman–Crippen MR) is 61.6 cm³/mol. The molecule has 0 radical (unpaired) electrons. The van der Waals surface area contributed by atoms with Crippen LogP contribution in [0.2, 0.25) is 5.28 Å². The smallest absolute Gasteiger partial charge is 0.224 e. The maximum atomic E-state index is 5.73. The Morgan fingerprint density at radius 3 is 2.40 bits per heavy atom. The highest BCUT2D eigenvalue weighted by molar-refractivity contribution is 6.28. The van der Waals surface area contributed by atoms with Crippen LogP contribution in [0.15, 0.2) is 30.3 Å². The summed E-state index contributed by atoms with van der Waals surface area (Å²) in [4.78, 5) is 7.92. The number of nitrogens with zero attached hydrogens (tertiary/aromatic N) is 2. The van der Waals surface area contributed by atoms with Crippen molar-refractivity contribution in [2.24, 2.45) is 0 Å². The number of halogens is 1. The third-order valence-electron chi connectivity index (χ3n) is 2.07. The number of hydrogen-bond donors (Lipinski definition) is 1. The Balaban J connectivity index is 2.49. The molecule has 3 nitrogen and oxygen atoms in total. The third kappa shape index (κ3) is 2.25. The molecule has 0 spiro atoms. The molecule has 0 saturated heterocycles. The zero-order chi connectivity index (χ0) is 10.8. The molecule has 1 heterocycles. The molecule has 0 aliphatic heterocycles. The van der Waals surface area contributed by atoms with Crippen molar-refractivity contribution < 1.29 is 0 Å². The summed E-state index contributed by atoms with van der Waals surface area (Å²) in [7, 11) is 0. The lowest BCUT2D eigenvalue weighted by atomic mass is 10.1. The van der Waals surface area contributed by atoms with E-state index in [9.17, 15) is 0 Å². The first kappa shape index (κ1) is 9.93. The standard InChI is InChI=1S/C11H10ClN3/c1-7-2-4-8(5-3-7)9-6-10(13)15-11(12)14-9/h2-6H,1H3,(H2,13,14,15). The van der Waals surface area contributed by atoms with E-state index >= 15 is 0 Å². The molecule has 0 amide bonds. The van der Waals surface area contributed by atoms with Crippen molar-refractivity contribution in [3.05, 3.63) is 41.2 Å². The highest BCUT2D eigenvalue weighted by Crippen LogP contribution is 2.20. The number of aromatic nitrogens is 2. The molecule has 76 valence electrons. The van der Waals surface area contributed by atoms with Gasteiger partial charge in [0.15, 0.2) is 0 Å². The van der Waals surface area contributed by atoms with Crippen molar-refractivity contribution in [2.45, 2.75) is 6.92 Å². The maximum Gasteiger partial charge on any atom is 0.224 e. The molecule has 0 atom stereocenters. The Morgan fingerprint density at radius 2 is 1.80 bits per heavy atom. The number of nitrogen functional groups attached to an aromatic ring is 1. The van der Waals surface area contributed by atoms with Crippen molar-refractivity contribution >= 4 is 17.4 Å². The van der Waals surface area contributed by atoms with Gasteiger partial charge >= 0.3 is 0 Å². The zero-order valence-corrected chi connectivity index (χ0v) is 8.99. The van der Waals surface area contributed by atoms with Gasteiger partial charge in [-0.15, -0.1) is 0 Å². The summed E-state index contributed by atoms with van der Waals surface area (Å²) in [6, 6.07) is 9.69. The van der Waals surface area contributed by atoms with Crippen molar-refractivity contribution in [3.63, 3.8) is 0 Å². The van der Waals surface area contributed by atoms with Crippen LogP contribution in [0.5, 0.6) is 0 Å². The van der Waals surface area contributed by atoms with E-state index in [4.69, 9.17) is 17.3 Å². The van der Waals surface area contributed by atoms with Crippen LogP contribution in [0.4, 0.5) is 5.82 Å². The zero-order valence-electron chi connectivity index (χ0n) is 8.24. The average molecular weight is 220 g/mol. The molecule has 0 aliphatic rings. The Labute approximate surface area is 92.9 Å². The van der Waals surface area contributed by atoms with Crippen LogP contribution < -0.4 is 5.73 Å². The second-order valence-electron chi connectivity index (χ2n) is 3.31. The molecule has 0 bridgehead atoms. The van der Waals surface area contributed by atoms with Crippen LogP contribution in [0.1, 0.15) is 5.56 Å². The van der Waals surface area contributed by atoms with Gasteiger partial charge in [-0.3, -0.25) is 0 Å². The second-order valence-corrected chi connectivity index (χ2v) is 3.65. The van der Waals surface area contributed by atoms with E-state index in [1.807, 2.05) is 31.2 Å². The monoisotopic (exact) mass is 219 g/mol. The number of nitrogens with two attached hydrogens (primary N) is 1. The van der Waals surface area contributed by atoms with Gasteiger partial charge in [0.1, 0.15) is 5.82 Å².